The van der Waals surface area contributed by atoms with Gasteiger partial charge in [-0.15, -0.1) is 0 Å². The summed E-state index contributed by atoms with van der Waals surface area (Å²) in [6.45, 7) is 4.63. The second kappa shape index (κ2) is 5.65. The average molecular weight is 254 g/mol. The molecule has 1 amide bonds. The van der Waals surface area contributed by atoms with Crippen LogP contribution < -0.4 is 0 Å². The number of aromatic nitrogens is 1. The van der Waals surface area contributed by atoms with Gasteiger partial charge in [-0.05, 0) is 48.7 Å². The molecule has 0 radical (unpaired) electrons. The van der Waals surface area contributed by atoms with Gasteiger partial charge in [0.25, 0.3) is 5.91 Å². The first-order valence-electron chi connectivity index (χ1n) is 6.29. The Balaban J connectivity index is 2.12. The SMILES string of the molecule is Cc1ccc(C(=O)N(C)Cc2cccnc2)cc1C. The number of hydrogen-bond acceptors (Lipinski definition) is 2. The Morgan fingerprint density at radius 2 is 2.00 bits per heavy atom. The van der Waals surface area contributed by atoms with Crippen LogP contribution in [0.3, 0.4) is 0 Å². The molecule has 0 saturated heterocycles. The van der Waals surface area contributed by atoms with E-state index in [4.69, 9.17) is 0 Å². The van der Waals surface area contributed by atoms with Crippen LogP contribution in [-0.2, 0) is 6.54 Å². The van der Waals surface area contributed by atoms with Crippen molar-refractivity contribution in [1.29, 1.82) is 0 Å². The van der Waals surface area contributed by atoms with Crippen LogP contribution in [0.2, 0.25) is 0 Å². The van der Waals surface area contributed by atoms with Gasteiger partial charge in [0.15, 0.2) is 0 Å². The summed E-state index contributed by atoms with van der Waals surface area (Å²) in [7, 11) is 1.81. The Kier molecular flexibility index (Phi) is 3.95. The highest BCUT2D eigenvalue weighted by Gasteiger charge is 2.12. The highest BCUT2D eigenvalue weighted by atomic mass is 16.2. The molecule has 3 heteroatoms. The van der Waals surface area contributed by atoms with E-state index in [1.807, 2.05) is 51.2 Å². The van der Waals surface area contributed by atoms with Crippen molar-refractivity contribution in [3.8, 4) is 0 Å². The van der Waals surface area contributed by atoms with Gasteiger partial charge in [0.05, 0.1) is 0 Å². The fourth-order valence-corrected chi connectivity index (χ4v) is 1.93. The van der Waals surface area contributed by atoms with E-state index in [2.05, 4.69) is 4.98 Å². The summed E-state index contributed by atoms with van der Waals surface area (Å²) in [5.74, 6) is 0.0342. The Morgan fingerprint density at radius 3 is 2.63 bits per heavy atom. The average Bonchev–Trinajstić information content (AvgIpc) is 2.42. The minimum atomic E-state index is 0.0342. The zero-order chi connectivity index (χ0) is 13.8. The molecule has 3 nitrogen and oxygen atoms in total. The third kappa shape index (κ3) is 3.19. The first-order valence-corrected chi connectivity index (χ1v) is 6.29. The topological polar surface area (TPSA) is 33.2 Å². The minimum absolute atomic E-state index is 0.0342. The van der Waals surface area contributed by atoms with Crippen molar-refractivity contribution in [3.63, 3.8) is 0 Å². The zero-order valence-electron chi connectivity index (χ0n) is 11.6. The van der Waals surface area contributed by atoms with Gasteiger partial charge in [-0.3, -0.25) is 9.78 Å². The molecule has 1 aromatic carbocycles. The second-order valence-electron chi connectivity index (χ2n) is 4.82. The van der Waals surface area contributed by atoms with Crippen LogP contribution >= 0.6 is 0 Å². The van der Waals surface area contributed by atoms with Crippen molar-refractivity contribution in [2.45, 2.75) is 20.4 Å². The molecular weight excluding hydrogens is 236 g/mol. The molecule has 0 aliphatic heterocycles. The summed E-state index contributed by atoms with van der Waals surface area (Å²) in [6, 6.07) is 9.66. The lowest BCUT2D eigenvalue weighted by Crippen LogP contribution is -2.26. The molecule has 0 fully saturated rings. The van der Waals surface area contributed by atoms with E-state index >= 15 is 0 Å². The molecule has 0 atom stereocenters. The maximum absolute atomic E-state index is 12.3. The summed E-state index contributed by atoms with van der Waals surface area (Å²) < 4.78 is 0. The molecule has 0 unspecified atom stereocenters. The molecule has 98 valence electrons. The molecule has 0 N–H and O–H groups in total. The normalized spacial score (nSPS) is 10.3. The van der Waals surface area contributed by atoms with E-state index in [9.17, 15) is 4.79 Å². The van der Waals surface area contributed by atoms with Crippen molar-refractivity contribution in [2.24, 2.45) is 0 Å². The van der Waals surface area contributed by atoms with Gasteiger partial charge in [-0.2, -0.15) is 0 Å². The van der Waals surface area contributed by atoms with Crippen LogP contribution in [0.1, 0.15) is 27.0 Å². The number of carbonyl (C=O) groups is 1. The number of amides is 1. The fourth-order valence-electron chi connectivity index (χ4n) is 1.93. The lowest BCUT2D eigenvalue weighted by Gasteiger charge is -2.17. The predicted molar refractivity (Wildman–Crippen MR) is 76.0 cm³/mol. The number of benzene rings is 1. The largest absolute Gasteiger partial charge is 0.337 e. The van der Waals surface area contributed by atoms with E-state index in [1.165, 1.54) is 5.56 Å². The highest BCUT2D eigenvalue weighted by Crippen LogP contribution is 2.12. The van der Waals surface area contributed by atoms with Gasteiger partial charge in [0.1, 0.15) is 0 Å². The summed E-state index contributed by atoms with van der Waals surface area (Å²) in [5.41, 5.74) is 4.10. The van der Waals surface area contributed by atoms with Gasteiger partial charge in [-0.1, -0.05) is 12.1 Å². The first-order chi connectivity index (χ1) is 9.08. The molecule has 0 aliphatic carbocycles. The van der Waals surface area contributed by atoms with Crippen molar-refractivity contribution in [2.75, 3.05) is 7.05 Å². The van der Waals surface area contributed by atoms with Crippen molar-refractivity contribution in [3.05, 3.63) is 65.0 Å². The van der Waals surface area contributed by atoms with Crippen molar-refractivity contribution >= 4 is 5.91 Å². The minimum Gasteiger partial charge on any atom is -0.337 e. The Bertz CT molecular complexity index is 579. The van der Waals surface area contributed by atoms with Crippen molar-refractivity contribution in [1.82, 2.24) is 9.88 Å². The van der Waals surface area contributed by atoms with E-state index in [-0.39, 0.29) is 5.91 Å². The van der Waals surface area contributed by atoms with Crippen LogP contribution in [0.15, 0.2) is 42.7 Å². The molecule has 1 aromatic heterocycles. The summed E-state index contributed by atoms with van der Waals surface area (Å²) >= 11 is 0. The Labute approximate surface area is 113 Å². The lowest BCUT2D eigenvalue weighted by molar-refractivity contribution is 0.0785. The number of hydrogen-bond donors (Lipinski definition) is 0. The second-order valence-corrected chi connectivity index (χ2v) is 4.82. The molecular formula is C16H18N2O. The van der Waals surface area contributed by atoms with Crippen LogP contribution in [0.25, 0.3) is 0 Å². The monoisotopic (exact) mass is 254 g/mol. The number of rotatable bonds is 3. The molecule has 1 heterocycles. The number of pyridine rings is 1. The summed E-state index contributed by atoms with van der Waals surface area (Å²) in [6.07, 6.45) is 3.51. The van der Waals surface area contributed by atoms with Gasteiger partial charge < -0.3 is 4.90 Å². The van der Waals surface area contributed by atoms with E-state index < -0.39 is 0 Å². The van der Waals surface area contributed by atoms with Gasteiger partial charge in [0, 0.05) is 31.5 Å². The van der Waals surface area contributed by atoms with Crippen LogP contribution in [0.5, 0.6) is 0 Å². The number of aryl methyl sites for hydroxylation is 2. The van der Waals surface area contributed by atoms with Gasteiger partial charge >= 0.3 is 0 Å². The zero-order valence-corrected chi connectivity index (χ0v) is 11.6. The van der Waals surface area contributed by atoms with Gasteiger partial charge in [-0.25, -0.2) is 0 Å². The third-order valence-electron chi connectivity index (χ3n) is 3.24. The van der Waals surface area contributed by atoms with Crippen molar-refractivity contribution < 1.29 is 4.79 Å². The standard InChI is InChI=1S/C16H18N2O/c1-12-6-7-15(9-13(12)2)16(19)18(3)11-14-5-4-8-17-10-14/h4-10H,11H2,1-3H3. The Hall–Kier alpha value is -2.16. The smallest absolute Gasteiger partial charge is 0.253 e. The van der Waals surface area contributed by atoms with E-state index in [1.54, 1.807) is 17.3 Å². The maximum atomic E-state index is 12.3. The van der Waals surface area contributed by atoms with Gasteiger partial charge in [0.2, 0.25) is 0 Å². The molecule has 2 rings (SSSR count). The Morgan fingerprint density at radius 1 is 1.21 bits per heavy atom. The summed E-state index contributed by atoms with van der Waals surface area (Å²) in [5, 5.41) is 0. The highest BCUT2D eigenvalue weighted by molar-refractivity contribution is 5.94. The molecule has 0 spiro atoms. The maximum Gasteiger partial charge on any atom is 0.253 e. The van der Waals surface area contributed by atoms with E-state index in [0.717, 1.165) is 16.7 Å². The van der Waals surface area contributed by atoms with Crippen LogP contribution in [0, 0.1) is 13.8 Å². The number of nitrogens with zero attached hydrogens (tertiary/aromatic N) is 2. The molecule has 0 bridgehead atoms. The molecule has 2 aromatic rings. The molecule has 0 saturated carbocycles. The van der Waals surface area contributed by atoms with Crippen LogP contribution in [0.4, 0.5) is 0 Å². The number of carbonyl (C=O) groups excluding carboxylic acids is 1. The quantitative estimate of drug-likeness (QED) is 0.843. The lowest BCUT2D eigenvalue weighted by atomic mass is 10.1. The molecule has 0 aliphatic rings. The summed E-state index contributed by atoms with van der Waals surface area (Å²) in [4.78, 5) is 18.1. The molecule has 19 heavy (non-hydrogen) atoms. The van der Waals surface area contributed by atoms with E-state index in [0.29, 0.717) is 6.54 Å². The fraction of sp³-hybridized carbons (Fsp3) is 0.250. The third-order valence-corrected chi connectivity index (χ3v) is 3.24. The predicted octanol–water partition coefficient (Wildman–Crippen LogP) is 2.97. The van der Waals surface area contributed by atoms with Crippen LogP contribution in [-0.4, -0.2) is 22.8 Å². The first kappa shape index (κ1) is 13.3.